The fourth-order valence-corrected chi connectivity index (χ4v) is 0.434. The van der Waals surface area contributed by atoms with Gasteiger partial charge in [-0.2, -0.15) is 5.16 Å². The second-order valence-corrected chi connectivity index (χ2v) is 1.51. The Balaban J connectivity index is 2.95. The van der Waals surface area contributed by atoms with Gasteiger partial charge in [0.05, 0.1) is 0 Å². The summed E-state index contributed by atoms with van der Waals surface area (Å²) in [5, 5.41) is 4.12. The number of hydrogen-bond acceptors (Lipinski definition) is 4. The molecule has 0 bridgehead atoms. The quantitative estimate of drug-likeness (QED) is 0.512. The van der Waals surface area contributed by atoms with Crippen LogP contribution in [0.3, 0.4) is 0 Å². The van der Waals surface area contributed by atoms with E-state index in [1.165, 1.54) is 7.05 Å². The summed E-state index contributed by atoms with van der Waals surface area (Å²) < 4.78 is 4.36. The van der Waals surface area contributed by atoms with Crippen LogP contribution in [0.2, 0.25) is 0 Å². The van der Waals surface area contributed by atoms with Crippen molar-refractivity contribution in [2.24, 2.45) is 0 Å². The molecule has 0 atom stereocenters. The fourth-order valence-electron chi connectivity index (χ4n) is 0.434. The number of rotatable bonds is 1. The highest BCUT2D eigenvalue weighted by Gasteiger charge is 2.09. The molecule has 0 aliphatic rings. The van der Waals surface area contributed by atoms with Gasteiger partial charge in [0, 0.05) is 7.05 Å². The van der Waals surface area contributed by atoms with Crippen LogP contribution in [0.15, 0.2) is 9.32 Å². The maximum Gasteiger partial charge on any atom is 0.377 e. The third kappa shape index (κ3) is 1.04. The van der Waals surface area contributed by atoms with Crippen molar-refractivity contribution in [1.29, 1.82) is 0 Å². The number of carbonyl (C=O) groups excluding carboxylic acids is 1. The molecule has 1 amide bonds. The SMILES string of the molecule is CNC(=O)c1nc(=O)[nH]o1. The molecule has 6 nitrogen and oxygen atoms in total. The van der Waals surface area contributed by atoms with Crippen molar-refractivity contribution in [2.45, 2.75) is 0 Å². The lowest BCUT2D eigenvalue weighted by atomic mass is 10.6. The van der Waals surface area contributed by atoms with Crippen LogP contribution < -0.4 is 11.0 Å². The van der Waals surface area contributed by atoms with Crippen LogP contribution in [-0.2, 0) is 0 Å². The summed E-state index contributed by atoms with van der Waals surface area (Å²) in [5.74, 6) is -0.786. The van der Waals surface area contributed by atoms with Gasteiger partial charge in [-0.3, -0.25) is 4.79 Å². The first-order valence-corrected chi connectivity index (χ1v) is 2.51. The van der Waals surface area contributed by atoms with Gasteiger partial charge in [0.1, 0.15) is 0 Å². The van der Waals surface area contributed by atoms with Crippen LogP contribution in [0, 0.1) is 0 Å². The van der Waals surface area contributed by atoms with Crippen molar-refractivity contribution < 1.29 is 9.32 Å². The molecule has 1 rings (SSSR count). The molecule has 0 saturated heterocycles. The fraction of sp³-hybridized carbons (Fsp3) is 0.250. The first-order valence-electron chi connectivity index (χ1n) is 2.51. The van der Waals surface area contributed by atoms with Gasteiger partial charge in [-0.25, -0.2) is 4.79 Å². The van der Waals surface area contributed by atoms with Crippen molar-refractivity contribution in [1.82, 2.24) is 15.5 Å². The first-order chi connectivity index (χ1) is 4.74. The molecular weight excluding hydrogens is 138 g/mol. The number of carbonyl (C=O) groups is 1. The van der Waals surface area contributed by atoms with Crippen LogP contribution in [0.25, 0.3) is 0 Å². The molecule has 0 aromatic carbocycles. The van der Waals surface area contributed by atoms with Crippen molar-refractivity contribution in [2.75, 3.05) is 7.05 Å². The second-order valence-electron chi connectivity index (χ2n) is 1.51. The minimum atomic E-state index is -0.668. The lowest BCUT2D eigenvalue weighted by Gasteiger charge is -1.86. The Bertz CT molecular complexity index is 286. The molecule has 0 unspecified atom stereocenters. The molecule has 1 aromatic rings. The van der Waals surface area contributed by atoms with E-state index < -0.39 is 11.6 Å². The Hall–Kier alpha value is -1.59. The number of nitrogens with zero attached hydrogens (tertiary/aromatic N) is 1. The maximum atomic E-state index is 10.6. The van der Waals surface area contributed by atoms with Gasteiger partial charge in [0.15, 0.2) is 0 Å². The van der Waals surface area contributed by atoms with E-state index in [0.717, 1.165) is 0 Å². The highest BCUT2D eigenvalue weighted by Crippen LogP contribution is 1.84. The normalized spacial score (nSPS) is 9.30. The lowest BCUT2D eigenvalue weighted by Crippen LogP contribution is -2.19. The molecule has 1 heterocycles. The zero-order chi connectivity index (χ0) is 7.56. The summed E-state index contributed by atoms with van der Waals surface area (Å²) in [6, 6.07) is 0. The molecule has 0 radical (unpaired) electrons. The minimum absolute atomic E-state index is 0.257. The zero-order valence-corrected chi connectivity index (χ0v) is 5.17. The van der Waals surface area contributed by atoms with Crippen LogP contribution in [0.5, 0.6) is 0 Å². The maximum absolute atomic E-state index is 10.6. The molecule has 54 valence electrons. The van der Waals surface area contributed by atoms with Crippen LogP contribution in [0.1, 0.15) is 10.7 Å². The molecule has 1 aromatic heterocycles. The summed E-state index contributed by atoms with van der Waals surface area (Å²) in [6.45, 7) is 0. The van der Waals surface area contributed by atoms with Crippen molar-refractivity contribution >= 4 is 5.91 Å². The first kappa shape index (κ1) is 6.53. The predicted molar refractivity (Wildman–Crippen MR) is 30.5 cm³/mol. The Morgan fingerprint density at radius 1 is 1.80 bits per heavy atom. The molecule has 6 heteroatoms. The third-order valence-electron chi connectivity index (χ3n) is 0.859. The molecule has 0 fully saturated rings. The molecule has 10 heavy (non-hydrogen) atoms. The van der Waals surface area contributed by atoms with E-state index in [2.05, 4.69) is 14.8 Å². The molecule has 0 aliphatic heterocycles. The standard InChI is InChI=1S/C4H5N3O3/c1-5-2(8)3-6-4(9)7-10-3/h1H3,(H,5,8)(H,7,9). The van der Waals surface area contributed by atoms with Gasteiger partial charge in [-0.15, -0.1) is 4.98 Å². The topological polar surface area (TPSA) is 88.0 Å². The number of amides is 1. The minimum Gasteiger partial charge on any atom is -0.351 e. The molecular formula is C4H5N3O3. The van der Waals surface area contributed by atoms with Crippen molar-refractivity contribution in [3.05, 3.63) is 16.4 Å². The van der Waals surface area contributed by atoms with E-state index in [4.69, 9.17) is 0 Å². The van der Waals surface area contributed by atoms with E-state index in [9.17, 15) is 9.59 Å². The van der Waals surface area contributed by atoms with Crippen molar-refractivity contribution in [3.63, 3.8) is 0 Å². The highest BCUT2D eigenvalue weighted by molar-refractivity contribution is 5.88. The van der Waals surface area contributed by atoms with Crippen molar-refractivity contribution in [3.8, 4) is 0 Å². The Morgan fingerprint density at radius 2 is 2.50 bits per heavy atom. The number of aromatic nitrogens is 2. The molecule has 2 N–H and O–H groups in total. The second kappa shape index (κ2) is 2.34. The van der Waals surface area contributed by atoms with E-state index in [-0.39, 0.29) is 5.89 Å². The zero-order valence-electron chi connectivity index (χ0n) is 5.17. The smallest absolute Gasteiger partial charge is 0.351 e. The molecule has 0 saturated carbocycles. The monoisotopic (exact) mass is 143 g/mol. The van der Waals surface area contributed by atoms with Gasteiger partial charge in [0.25, 0.3) is 0 Å². The van der Waals surface area contributed by atoms with Crippen LogP contribution in [0.4, 0.5) is 0 Å². The Kier molecular flexibility index (Phi) is 1.53. The van der Waals surface area contributed by atoms with Gasteiger partial charge in [-0.1, -0.05) is 0 Å². The number of aromatic amines is 1. The summed E-state index contributed by atoms with van der Waals surface area (Å²) in [4.78, 5) is 24.1. The van der Waals surface area contributed by atoms with Gasteiger partial charge in [0.2, 0.25) is 0 Å². The van der Waals surface area contributed by atoms with E-state index in [1.807, 2.05) is 5.16 Å². The number of H-pyrrole nitrogens is 1. The number of hydrogen-bond donors (Lipinski definition) is 2. The summed E-state index contributed by atoms with van der Waals surface area (Å²) >= 11 is 0. The Labute approximate surface area is 55.2 Å². The van der Waals surface area contributed by atoms with Gasteiger partial charge >= 0.3 is 17.5 Å². The van der Waals surface area contributed by atoms with Crippen LogP contribution >= 0.6 is 0 Å². The molecule has 0 aliphatic carbocycles. The predicted octanol–water partition coefficient (Wildman–Crippen LogP) is -1.28. The highest BCUT2D eigenvalue weighted by atomic mass is 16.5. The van der Waals surface area contributed by atoms with Crippen LogP contribution in [-0.4, -0.2) is 23.1 Å². The molecule has 0 spiro atoms. The largest absolute Gasteiger partial charge is 0.377 e. The number of nitrogens with one attached hydrogen (secondary N) is 2. The van der Waals surface area contributed by atoms with Gasteiger partial charge < -0.3 is 9.84 Å². The average molecular weight is 143 g/mol. The summed E-state index contributed by atoms with van der Waals surface area (Å²) in [6.07, 6.45) is 0. The average Bonchev–Trinajstić information content (AvgIpc) is 2.34. The Morgan fingerprint density at radius 3 is 2.90 bits per heavy atom. The van der Waals surface area contributed by atoms with E-state index >= 15 is 0 Å². The van der Waals surface area contributed by atoms with Gasteiger partial charge in [-0.05, 0) is 0 Å². The summed E-state index contributed by atoms with van der Waals surface area (Å²) in [5.41, 5.74) is -0.668. The lowest BCUT2D eigenvalue weighted by molar-refractivity contribution is 0.0919. The summed E-state index contributed by atoms with van der Waals surface area (Å²) in [7, 11) is 1.41. The third-order valence-corrected chi connectivity index (χ3v) is 0.859. The van der Waals surface area contributed by atoms with E-state index in [0.29, 0.717) is 0 Å². The van der Waals surface area contributed by atoms with E-state index in [1.54, 1.807) is 0 Å².